The number of hydrogen-bond acceptors (Lipinski definition) is 2. The zero-order chi connectivity index (χ0) is 18.2. The summed E-state index contributed by atoms with van der Waals surface area (Å²) in [6.07, 6.45) is 1.18. The fourth-order valence-electron chi connectivity index (χ4n) is 3.44. The van der Waals surface area contributed by atoms with Gasteiger partial charge >= 0.3 is 0 Å². The maximum Gasteiger partial charge on any atom is 0.193 e. The van der Waals surface area contributed by atoms with Crippen molar-refractivity contribution >= 4 is 5.96 Å². The van der Waals surface area contributed by atoms with Crippen LogP contribution in [0.25, 0.3) is 0 Å². The maximum atomic E-state index is 5.45. The second-order valence-electron chi connectivity index (χ2n) is 6.70. The lowest BCUT2D eigenvalue weighted by Gasteiger charge is -2.22. The van der Waals surface area contributed by atoms with Crippen LogP contribution in [0.2, 0.25) is 0 Å². The van der Waals surface area contributed by atoms with Crippen LogP contribution in [0.5, 0.6) is 0 Å². The van der Waals surface area contributed by atoms with Crippen molar-refractivity contribution in [3.05, 3.63) is 71.3 Å². The first-order chi connectivity index (χ1) is 12.8. The van der Waals surface area contributed by atoms with Crippen molar-refractivity contribution in [3.8, 4) is 0 Å². The van der Waals surface area contributed by atoms with Crippen molar-refractivity contribution in [1.82, 2.24) is 10.2 Å². The number of aliphatic imine (C=N–C) groups is 1. The summed E-state index contributed by atoms with van der Waals surface area (Å²) >= 11 is 0. The average molecular weight is 351 g/mol. The van der Waals surface area contributed by atoms with Crippen molar-refractivity contribution in [2.45, 2.75) is 32.4 Å². The van der Waals surface area contributed by atoms with Crippen LogP contribution in [0.4, 0.5) is 0 Å². The van der Waals surface area contributed by atoms with Crippen molar-refractivity contribution in [2.75, 3.05) is 26.7 Å². The third kappa shape index (κ3) is 4.85. The van der Waals surface area contributed by atoms with Gasteiger partial charge in [0.2, 0.25) is 0 Å². The van der Waals surface area contributed by atoms with Gasteiger partial charge in [0.25, 0.3) is 0 Å². The van der Waals surface area contributed by atoms with E-state index < -0.39 is 0 Å². The van der Waals surface area contributed by atoms with E-state index in [1.54, 1.807) is 0 Å². The van der Waals surface area contributed by atoms with Crippen molar-refractivity contribution in [1.29, 1.82) is 0 Å². The van der Waals surface area contributed by atoms with Gasteiger partial charge in [0.15, 0.2) is 5.96 Å². The molecule has 4 nitrogen and oxygen atoms in total. The quantitative estimate of drug-likeness (QED) is 0.635. The van der Waals surface area contributed by atoms with Gasteiger partial charge in [0.05, 0.1) is 6.61 Å². The first kappa shape index (κ1) is 18.5. The second-order valence-corrected chi connectivity index (χ2v) is 6.70. The minimum Gasteiger partial charge on any atom is -0.377 e. The van der Waals surface area contributed by atoms with Crippen molar-refractivity contribution in [3.63, 3.8) is 0 Å². The molecule has 0 radical (unpaired) electrons. The topological polar surface area (TPSA) is 36.9 Å². The summed E-state index contributed by atoms with van der Waals surface area (Å²) in [5, 5.41) is 3.51. The highest BCUT2D eigenvalue weighted by atomic mass is 16.5. The lowest BCUT2D eigenvalue weighted by atomic mass is 9.99. The third-order valence-electron chi connectivity index (χ3n) is 4.92. The lowest BCUT2D eigenvalue weighted by molar-refractivity contribution is 0.134. The molecule has 0 bridgehead atoms. The van der Waals surface area contributed by atoms with Gasteiger partial charge in [-0.3, -0.25) is 4.99 Å². The molecule has 1 fully saturated rings. The number of nitrogens with zero attached hydrogens (tertiary/aromatic N) is 2. The van der Waals surface area contributed by atoms with Crippen LogP contribution in [0, 0.1) is 0 Å². The van der Waals surface area contributed by atoms with E-state index in [1.807, 2.05) is 14.0 Å². The SMILES string of the molecule is CCOCc1ccc(CNC(=NC)N2CCC(c3ccccc3)C2)cc1. The predicted molar refractivity (Wildman–Crippen MR) is 107 cm³/mol. The van der Waals surface area contributed by atoms with E-state index in [2.05, 4.69) is 69.8 Å². The predicted octanol–water partition coefficient (Wildman–Crippen LogP) is 3.79. The molecule has 0 aromatic heterocycles. The molecule has 26 heavy (non-hydrogen) atoms. The molecule has 4 heteroatoms. The van der Waals surface area contributed by atoms with E-state index in [-0.39, 0.29) is 0 Å². The van der Waals surface area contributed by atoms with Gasteiger partial charge in [-0.2, -0.15) is 0 Å². The molecule has 3 rings (SSSR count). The second kappa shape index (κ2) is 9.39. The van der Waals surface area contributed by atoms with Crippen LogP contribution >= 0.6 is 0 Å². The summed E-state index contributed by atoms with van der Waals surface area (Å²) in [7, 11) is 1.86. The summed E-state index contributed by atoms with van der Waals surface area (Å²) in [4.78, 5) is 6.84. The highest BCUT2D eigenvalue weighted by molar-refractivity contribution is 5.80. The van der Waals surface area contributed by atoms with Crippen LogP contribution in [-0.4, -0.2) is 37.6 Å². The highest BCUT2D eigenvalue weighted by Gasteiger charge is 2.25. The van der Waals surface area contributed by atoms with E-state index in [0.717, 1.165) is 32.2 Å². The van der Waals surface area contributed by atoms with E-state index in [4.69, 9.17) is 4.74 Å². The van der Waals surface area contributed by atoms with Crippen LogP contribution in [-0.2, 0) is 17.9 Å². The van der Waals surface area contributed by atoms with Gasteiger partial charge in [-0.15, -0.1) is 0 Å². The number of hydrogen-bond donors (Lipinski definition) is 1. The monoisotopic (exact) mass is 351 g/mol. The van der Waals surface area contributed by atoms with Crippen LogP contribution in [0.1, 0.15) is 36.0 Å². The van der Waals surface area contributed by atoms with Crippen LogP contribution in [0.3, 0.4) is 0 Å². The highest BCUT2D eigenvalue weighted by Crippen LogP contribution is 2.26. The Balaban J connectivity index is 1.52. The summed E-state index contributed by atoms with van der Waals surface area (Å²) in [5.41, 5.74) is 3.89. The van der Waals surface area contributed by atoms with Crippen molar-refractivity contribution in [2.24, 2.45) is 4.99 Å². The summed E-state index contributed by atoms with van der Waals surface area (Å²) < 4.78 is 5.45. The lowest BCUT2D eigenvalue weighted by Crippen LogP contribution is -2.39. The molecule has 0 amide bonds. The van der Waals surface area contributed by atoms with Gasteiger partial charge in [-0.25, -0.2) is 0 Å². The molecule has 2 aromatic rings. The zero-order valence-electron chi connectivity index (χ0n) is 15.8. The molecule has 1 N–H and O–H groups in total. The molecule has 1 unspecified atom stereocenters. The molecule has 1 heterocycles. The largest absolute Gasteiger partial charge is 0.377 e. The molecule has 2 aromatic carbocycles. The Morgan fingerprint density at radius 1 is 1.12 bits per heavy atom. The Labute approximate surface area is 156 Å². The first-order valence-electron chi connectivity index (χ1n) is 9.46. The normalized spacial score (nSPS) is 17.5. The van der Waals surface area contributed by atoms with Gasteiger partial charge in [-0.05, 0) is 30.0 Å². The molecule has 1 aliphatic heterocycles. The third-order valence-corrected chi connectivity index (χ3v) is 4.92. The van der Waals surface area contributed by atoms with Gasteiger partial charge in [0.1, 0.15) is 0 Å². The van der Waals surface area contributed by atoms with Gasteiger partial charge in [-0.1, -0.05) is 54.6 Å². The molecular weight excluding hydrogens is 322 g/mol. The number of nitrogens with one attached hydrogen (secondary N) is 1. The number of rotatable bonds is 6. The number of benzene rings is 2. The molecule has 1 atom stereocenters. The molecule has 1 saturated heterocycles. The van der Waals surface area contributed by atoms with Gasteiger partial charge in [0, 0.05) is 39.2 Å². The number of likely N-dealkylation sites (tertiary alicyclic amines) is 1. The Hall–Kier alpha value is -2.33. The van der Waals surface area contributed by atoms with Crippen molar-refractivity contribution < 1.29 is 4.74 Å². The van der Waals surface area contributed by atoms with Gasteiger partial charge < -0.3 is 15.0 Å². The smallest absolute Gasteiger partial charge is 0.193 e. The Morgan fingerprint density at radius 3 is 2.54 bits per heavy atom. The Bertz CT molecular complexity index is 697. The fraction of sp³-hybridized carbons (Fsp3) is 0.409. The average Bonchev–Trinajstić information content (AvgIpc) is 3.18. The molecule has 1 aliphatic rings. The molecule has 0 spiro atoms. The molecule has 0 aliphatic carbocycles. The minimum absolute atomic E-state index is 0.590. The molecular formula is C22H29N3O. The van der Waals surface area contributed by atoms with Crippen LogP contribution in [0.15, 0.2) is 59.6 Å². The number of guanidine groups is 1. The molecule has 0 saturated carbocycles. The summed E-state index contributed by atoms with van der Waals surface area (Å²) in [6, 6.07) is 19.4. The maximum absolute atomic E-state index is 5.45. The van der Waals surface area contributed by atoms with E-state index in [0.29, 0.717) is 12.5 Å². The zero-order valence-corrected chi connectivity index (χ0v) is 15.8. The Morgan fingerprint density at radius 2 is 1.85 bits per heavy atom. The first-order valence-corrected chi connectivity index (χ1v) is 9.46. The minimum atomic E-state index is 0.590. The summed E-state index contributed by atoms with van der Waals surface area (Å²) in [5.74, 6) is 1.58. The fourth-order valence-corrected chi connectivity index (χ4v) is 3.44. The number of ether oxygens (including phenoxy) is 1. The Kier molecular flexibility index (Phi) is 6.67. The van der Waals surface area contributed by atoms with Crippen LogP contribution < -0.4 is 5.32 Å². The van der Waals surface area contributed by atoms with E-state index in [1.165, 1.54) is 23.1 Å². The van der Waals surface area contributed by atoms with E-state index in [9.17, 15) is 0 Å². The summed E-state index contributed by atoms with van der Waals surface area (Å²) in [6.45, 7) is 6.31. The standard InChI is InChI=1S/C22H29N3O/c1-3-26-17-19-11-9-18(10-12-19)15-24-22(23-2)25-14-13-21(16-25)20-7-5-4-6-8-20/h4-12,21H,3,13-17H2,1-2H3,(H,23,24). The molecule has 138 valence electrons. The van der Waals surface area contributed by atoms with E-state index >= 15 is 0 Å².